The number of allylic oxidation sites excluding steroid dienone is 1. The van der Waals surface area contributed by atoms with E-state index in [4.69, 9.17) is 23.7 Å². The molecule has 288 valence electrons. The molecular weight excluding hydrogens is 662 g/mol. The van der Waals surface area contributed by atoms with E-state index in [1.165, 1.54) is 0 Å². The maximum atomic E-state index is 13.8. The van der Waals surface area contributed by atoms with Gasteiger partial charge in [0, 0.05) is 31.3 Å². The van der Waals surface area contributed by atoms with Crippen molar-refractivity contribution in [1.29, 1.82) is 0 Å². The van der Waals surface area contributed by atoms with Crippen molar-refractivity contribution in [3.63, 3.8) is 0 Å². The molecule has 3 fully saturated rings. The molecule has 10 nitrogen and oxygen atoms in total. The molecule has 4 aliphatic rings. The average molecular weight is 724 g/mol. The lowest BCUT2D eigenvalue weighted by molar-refractivity contribution is -0.190. The van der Waals surface area contributed by atoms with Crippen LogP contribution in [0.2, 0.25) is 0 Å². The predicted molar refractivity (Wildman–Crippen MR) is 198 cm³/mol. The summed E-state index contributed by atoms with van der Waals surface area (Å²) in [7, 11) is 0. The van der Waals surface area contributed by atoms with Crippen molar-refractivity contribution in [1.82, 2.24) is 5.32 Å². The van der Waals surface area contributed by atoms with E-state index >= 15 is 0 Å². The SMILES string of the molecule is CCCCCC1(CCCCC)OC2C=C(C(=O)NC(CO)CCC(=O)OC(C)(C)C)CC(OC(=O)c3cccc(C=CC4CCC5OC5C4)c3)C2O1. The third kappa shape index (κ3) is 11.5. The Kier molecular flexibility index (Phi) is 14.1. The number of fused-ring (bicyclic) bond motifs is 2. The lowest BCUT2D eigenvalue weighted by Crippen LogP contribution is -2.45. The van der Waals surface area contributed by atoms with E-state index in [2.05, 4.69) is 31.3 Å². The monoisotopic (exact) mass is 723 g/mol. The second-order valence-corrected chi connectivity index (χ2v) is 16.1. The van der Waals surface area contributed by atoms with Crippen LogP contribution in [-0.4, -0.2) is 77.5 Å². The second-order valence-electron chi connectivity index (χ2n) is 16.1. The summed E-state index contributed by atoms with van der Waals surface area (Å²) in [4.78, 5) is 39.8. The summed E-state index contributed by atoms with van der Waals surface area (Å²) in [6.07, 6.45) is 16.2. The molecule has 2 N–H and O–H groups in total. The summed E-state index contributed by atoms with van der Waals surface area (Å²) in [5.41, 5.74) is 1.11. The summed E-state index contributed by atoms with van der Waals surface area (Å²) < 4.78 is 30.8. The highest BCUT2D eigenvalue weighted by Crippen LogP contribution is 2.43. The molecule has 0 bridgehead atoms. The minimum absolute atomic E-state index is 0.0477. The van der Waals surface area contributed by atoms with Crippen molar-refractivity contribution < 1.29 is 43.2 Å². The first kappa shape index (κ1) is 40.1. The zero-order valence-corrected chi connectivity index (χ0v) is 31.9. The molecule has 2 heterocycles. The molecule has 0 radical (unpaired) electrons. The van der Waals surface area contributed by atoms with Crippen LogP contribution in [-0.2, 0) is 33.3 Å². The summed E-state index contributed by atoms with van der Waals surface area (Å²) >= 11 is 0. The number of hydrogen-bond acceptors (Lipinski definition) is 9. The molecule has 5 rings (SSSR count). The zero-order valence-electron chi connectivity index (χ0n) is 31.9. The van der Waals surface area contributed by atoms with Gasteiger partial charge in [-0.05, 0) is 89.0 Å². The van der Waals surface area contributed by atoms with Crippen LogP contribution in [0.15, 0.2) is 42.0 Å². The Labute approximate surface area is 310 Å². The molecule has 0 spiro atoms. The van der Waals surface area contributed by atoms with E-state index in [0.717, 1.165) is 63.4 Å². The molecule has 1 aromatic carbocycles. The number of aliphatic hydroxyl groups is 1. The van der Waals surface area contributed by atoms with Crippen LogP contribution in [0.1, 0.15) is 140 Å². The van der Waals surface area contributed by atoms with Gasteiger partial charge in [-0.2, -0.15) is 0 Å². The van der Waals surface area contributed by atoms with Crippen LogP contribution in [0.3, 0.4) is 0 Å². The van der Waals surface area contributed by atoms with Crippen LogP contribution in [0.4, 0.5) is 0 Å². The fourth-order valence-electron chi connectivity index (χ4n) is 7.60. The number of unbranched alkanes of at least 4 members (excludes halogenated alkanes) is 4. The molecule has 0 aromatic heterocycles. The van der Waals surface area contributed by atoms with E-state index < -0.39 is 53.6 Å². The fraction of sp³-hybridized carbons (Fsp3) is 0.690. The first-order valence-corrected chi connectivity index (χ1v) is 19.8. The number of hydrogen-bond donors (Lipinski definition) is 2. The smallest absolute Gasteiger partial charge is 0.338 e. The summed E-state index contributed by atoms with van der Waals surface area (Å²) in [6, 6.07) is 6.75. The number of aliphatic hydroxyl groups excluding tert-OH is 1. The van der Waals surface area contributed by atoms with Gasteiger partial charge in [-0.3, -0.25) is 9.59 Å². The number of esters is 2. The number of carbonyl (C=O) groups excluding carboxylic acids is 3. The minimum atomic E-state index is -0.830. The predicted octanol–water partition coefficient (Wildman–Crippen LogP) is 7.36. The van der Waals surface area contributed by atoms with Crippen molar-refractivity contribution in [2.75, 3.05) is 6.61 Å². The van der Waals surface area contributed by atoms with Crippen LogP contribution >= 0.6 is 0 Å². The standard InChI is InChI=1S/C42H61NO9/c1-6-8-10-21-42(22-11-9-7-2)50-36-26-31(39(46)43-32(27-44)18-20-37(45)51-41(3,4)5)25-35(38(36)52-42)49-40(47)30-14-12-13-28(23-30)15-16-29-17-19-33-34(24-29)48-33/h12-16,23,26,29,32-36,38,44H,6-11,17-22,24-25,27H2,1-5H3,(H,43,46). The Morgan fingerprint density at radius 3 is 2.46 bits per heavy atom. The topological polar surface area (TPSA) is 133 Å². The largest absolute Gasteiger partial charge is 0.460 e. The minimum Gasteiger partial charge on any atom is -0.460 e. The first-order valence-electron chi connectivity index (χ1n) is 19.8. The highest BCUT2D eigenvalue weighted by molar-refractivity contribution is 5.94. The first-order chi connectivity index (χ1) is 24.9. The van der Waals surface area contributed by atoms with Gasteiger partial charge in [-0.25, -0.2) is 4.79 Å². The van der Waals surface area contributed by atoms with E-state index in [0.29, 0.717) is 42.1 Å². The zero-order chi connectivity index (χ0) is 37.3. The van der Waals surface area contributed by atoms with Crippen molar-refractivity contribution in [2.24, 2.45) is 5.92 Å². The maximum absolute atomic E-state index is 13.8. The van der Waals surface area contributed by atoms with Crippen LogP contribution in [0.5, 0.6) is 0 Å². The second kappa shape index (κ2) is 18.3. The van der Waals surface area contributed by atoms with E-state index in [1.807, 2.05) is 18.2 Å². The summed E-state index contributed by atoms with van der Waals surface area (Å²) in [6.45, 7) is 9.36. The molecule has 1 amide bonds. The summed E-state index contributed by atoms with van der Waals surface area (Å²) in [5, 5.41) is 13.0. The quantitative estimate of drug-likeness (QED) is 0.0906. The highest BCUT2D eigenvalue weighted by atomic mass is 16.8. The molecule has 52 heavy (non-hydrogen) atoms. The van der Waals surface area contributed by atoms with E-state index in [1.54, 1.807) is 32.9 Å². The van der Waals surface area contributed by atoms with Gasteiger partial charge in [0.1, 0.15) is 23.9 Å². The number of amides is 1. The molecule has 1 saturated carbocycles. The third-order valence-electron chi connectivity index (χ3n) is 10.5. The number of rotatable bonds is 18. The lowest BCUT2D eigenvalue weighted by Gasteiger charge is -2.31. The van der Waals surface area contributed by atoms with E-state index in [-0.39, 0.29) is 25.9 Å². The number of epoxide rings is 1. The van der Waals surface area contributed by atoms with Crippen LogP contribution < -0.4 is 5.32 Å². The van der Waals surface area contributed by atoms with Gasteiger partial charge in [0.2, 0.25) is 5.91 Å². The number of benzene rings is 1. The van der Waals surface area contributed by atoms with Crippen LogP contribution in [0, 0.1) is 5.92 Å². The molecule has 2 aliphatic heterocycles. The Morgan fingerprint density at radius 2 is 1.79 bits per heavy atom. The third-order valence-corrected chi connectivity index (χ3v) is 10.5. The average Bonchev–Trinajstić information content (AvgIpc) is 3.79. The number of nitrogens with one attached hydrogen (secondary N) is 1. The van der Waals surface area contributed by atoms with Gasteiger partial charge >= 0.3 is 11.9 Å². The molecule has 7 atom stereocenters. The van der Waals surface area contributed by atoms with Gasteiger partial charge in [0.15, 0.2) is 5.79 Å². The van der Waals surface area contributed by atoms with Crippen molar-refractivity contribution in [3.05, 3.63) is 53.1 Å². The van der Waals surface area contributed by atoms with Crippen LogP contribution in [0.25, 0.3) is 6.08 Å². The van der Waals surface area contributed by atoms with Crippen molar-refractivity contribution in [2.45, 2.75) is 172 Å². The normalized spacial score (nSPS) is 26.9. The Balaban J connectivity index is 1.31. The number of ether oxygens (including phenoxy) is 5. The highest BCUT2D eigenvalue weighted by Gasteiger charge is 2.52. The van der Waals surface area contributed by atoms with Crippen molar-refractivity contribution in [3.8, 4) is 0 Å². The van der Waals surface area contributed by atoms with Gasteiger partial charge in [-0.1, -0.05) is 63.8 Å². The van der Waals surface area contributed by atoms with Gasteiger partial charge in [0.25, 0.3) is 0 Å². The molecular formula is C42H61NO9. The Bertz CT molecular complexity index is 1420. The van der Waals surface area contributed by atoms with Gasteiger partial charge in [-0.15, -0.1) is 0 Å². The number of carbonyl (C=O) groups is 3. The lowest BCUT2D eigenvalue weighted by atomic mass is 9.88. The van der Waals surface area contributed by atoms with Crippen molar-refractivity contribution >= 4 is 23.9 Å². The van der Waals surface area contributed by atoms with Gasteiger partial charge < -0.3 is 34.1 Å². The molecule has 2 saturated heterocycles. The fourth-order valence-corrected chi connectivity index (χ4v) is 7.60. The Hall–Kier alpha value is -3.05. The maximum Gasteiger partial charge on any atom is 0.338 e. The molecule has 2 aliphatic carbocycles. The molecule has 1 aromatic rings. The molecule has 10 heteroatoms. The van der Waals surface area contributed by atoms with Gasteiger partial charge in [0.05, 0.1) is 30.4 Å². The summed E-state index contributed by atoms with van der Waals surface area (Å²) in [5.74, 6) is -1.66. The molecule has 7 unspecified atom stereocenters. The Morgan fingerprint density at radius 1 is 1.04 bits per heavy atom. The van der Waals surface area contributed by atoms with E-state index in [9.17, 15) is 19.5 Å².